The number of hydrogen-bond acceptors (Lipinski definition) is 5. The lowest BCUT2D eigenvalue weighted by molar-refractivity contribution is -0.130. The molecule has 3 aromatic rings. The van der Waals surface area contributed by atoms with Crippen molar-refractivity contribution in [1.29, 1.82) is 0 Å². The van der Waals surface area contributed by atoms with Gasteiger partial charge < -0.3 is 9.88 Å². The Labute approximate surface area is 164 Å². The van der Waals surface area contributed by atoms with Crippen molar-refractivity contribution in [3.63, 3.8) is 0 Å². The number of halogens is 3. The summed E-state index contributed by atoms with van der Waals surface area (Å²) in [6, 6.07) is 1.92. The van der Waals surface area contributed by atoms with Gasteiger partial charge in [0.25, 0.3) is 0 Å². The molecular formula is C17H19F3N6O2S. The van der Waals surface area contributed by atoms with E-state index in [1.165, 1.54) is 4.31 Å². The van der Waals surface area contributed by atoms with E-state index in [0.717, 1.165) is 22.6 Å². The molecule has 3 aromatic heterocycles. The summed E-state index contributed by atoms with van der Waals surface area (Å²) >= 11 is 0. The molecule has 0 saturated carbocycles. The average molecular weight is 428 g/mol. The molecule has 2 saturated heterocycles. The number of fused-ring (bicyclic) bond motifs is 4. The van der Waals surface area contributed by atoms with Crippen LogP contribution in [-0.2, 0) is 10.0 Å². The van der Waals surface area contributed by atoms with Gasteiger partial charge in [-0.25, -0.2) is 22.7 Å². The Balaban J connectivity index is 1.33. The summed E-state index contributed by atoms with van der Waals surface area (Å²) < 4.78 is 65.1. The van der Waals surface area contributed by atoms with Crippen LogP contribution >= 0.6 is 0 Å². The number of H-pyrrole nitrogens is 1. The van der Waals surface area contributed by atoms with Crippen molar-refractivity contribution < 1.29 is 21.6 Å². The summed E-state index contributed by atoms with van der Waals surface area (Å²) in [4.78, 5) is 14.1. The third-order valence-corrected chi connectivity index (χ3v) is 7.62. The molecule has 0 amide bonds. The molecule has 2 aliphatic heterocycles. The summed E-state index contributed by atoms with van der Waals surface area (Å²) in [6.45, 7) is 1.74. The first-order chi connectivity index (χ1) is 13.7. The van der Waals surface area contributed by atoms with Crippen LogP contribution in [0, 0.1) is 11.8 Å². The monoisotopic (exact) mass is 428 g/mol. The number of imidazole rings is 1. The van der Waals surface area contributed by atoms with Crippen LogP contribution in [0.1, 0.15) is 6.42 Å². The number of alkyl halides is 3. The molecule has 2 aliphatic rings. The average Bonchev–Trinajstić information content (AvgIpc) is 3.38. The Hall–Kier alpha value is -2.34. The maximum atomic E-state index is 12.4. The van der Waals surface area contributed by atoms with E-state index < -0.39 is 28.4 Å². The van der Waals surface area contributed by atoms with Crippen LogP contribution in [0.4, 0.5) is 19.1 Å². The molecule has 0 aromatic carbocycles. The summed E-state index contributed by atoms with van der Waals surface area (Å²) in [7, 11) is -3.90. The van der Waals surface area contributed by atoms with Crippen LogP contribution in [0.3, 0.4) is 0 Å². The molecule has 0 bridgehead atoms. The van der Waals surface area contributed by atoms with Gasteiger partial charge in [0, 0.05) is 32.4 Å². The normalized spacial score (nSPS) is 23.5. The Morgan fingerprint density at radius 2 is 1.79 bits per heavy atom. The highest BCUT2D eigenvalue weighted by Crippen LogP contribution is 2.36. The van der Waals surface area contributed by atoms with E-state index in [0.29, 0.717) is 13.1 Å². The Kier molecular flexibility index (Phi) is 4.07. The van der Waals surface area contributed by atoms with Gasteiger partial charge >= 0.3 is 6.18 Å². The third-order valence-electron chi connectivity index (χ3n) is 5.81. The van der Waals surface area contributed by atoms with E-state index in [4.69, 9.17) is 0 Å². The van der Waals surface area contributed by atoms with Crippen molar-refractivity contribution in [3.05, 3.63) is 24.7 Å². The zero-order chi connectivity index (χ0) is 20.4. The molecule has 2 atom stereocenters. The molecule has 1 N–H and O–H groups in total. The standard InChI is InChI=1S/C17H19F3N6O2S/c18-17(19,20)2-4-29(27,28)25-9-11-7-24(8-12(11)10-25)16-23-6-13-5-22-15-14(26(13)16)1-3-21-15/h1,3,5-6,11-12,21H,2,4,7-10H2. The molecule has 12 heteroatoms. The summed E-state index contributed by atoms with van der Waals surface area (Å²) in [5.74, 6) is 0.0363. The van der Waals surface area contributed by atoms with E-state index in [-0.39, 0.29) is 24.9 Å². The number of sulfonamides is 1. The van der Waals surface area contributed by atoms with Gasteiger partial charge in [0.1, 0.15) is 0 Å². The number of nitrogens with zero attached hydrogens (tertiary/aromatic N) is 5. The van der Waals surface area contributed by atoms with Crippen LogP contribution in [0.15, 0.2) is 24.7 Å². The smallest absolute Gasteiger partial charge is 0.345 e. The zero-order valence-corrected chi connectivity index (χ0v) is 16.1. The van der Waals surface area contributed by atoms with Gasteiger partial charge in [-0.3, -0.25) is 4.40 Å². The highest BCUT2D eigenvalue weighted by atomic mass is 32.2. The van der Waals surface area contributed by atoms with E-state index in [2.05, 4.69) is 19.9 Å². The number of nitrogens with one attached hydrogen (secondary N) is 1. The zero-order valence-electron chi connectivity index (χ0n) is 15.3. The van der Waals surface area contributed by atoms with Crippen LogP contribution in [-0.4, -0.2) is 70.2 Å². The lowest BCUT2D eigenvalue weighted by Gasteiger charge is -2.22. The van der Waals surface area contributed by atoms with Crippen molar-refractivity contribution in [2.45, 2.75) is 12.6 Å². The van der Waals surface area contributed by atoms with Crippen molar-refractivity contribution in [2.75, 3.05) is 36.8 Å². The van der Waals surface area contributed by atoms with Gasteiger partial charge in [-0.15, -0.1) is 0 Å². The van der Waals surface area contributed by atoms with E-state index in [1.807, 2.05) is 16.7 Å². The van der Waals surface area contributed by atoms with Crippen LogP contribution < -0.4 is 4.90 Å². The topological polar surface area (TPSA) is 86.6 Å². The number of hydrogen-bond donors (Lipinski definition) is 1. The summed E-state index contributed by atoms with van der Waals surface area (Å²) in [5, 5.41) is 0. The van der Waals surface area contributed by atoms with Crippen LogP contribution in [0.2, 0.25) is 0 Å². The molecule has 2 unspecified atom stereocenters. The predicted molar refractivity (Wildman–Crippen MR) is 100 cm³/mol. The lowest BCUT2D eigenvalue weighted by Crippen LogP contribution is -2.36. The fraction of sp³-hybridized carbons (Fsp3) is 0.529. The minimum Gasteiger partial charge on any atom is -0.345 e. The molecule has 2 fully saturated rings. The van der Waals surface area contributed by atoms with E-state index >= 15 is 0 Å². The van der Waals surface area contributed by atoms with Crippen molar-refractivity contribution in [2.24, 2.45) is 11.8 Å². The molecule has 0 radical (unpaired) electrons. The second-order valence-electron chi connectivity index (χ2n) is 7.71. The highest BCUT2D eigenvalue weighted by molar-refractivity contribution is 7.89. The Morgan fingerprint density at radius 1 is 1.10 bits per heavy atom. The highest BCUT2D eigenvalue weighted by Gasteiger charge is 2.45. The Bertz CT molecular complexity index is 1160. The fourth-order valence-corrected chi connectivity index (χ4v) is 5.98. The van der Waals surface area contributed by atoms with Gasteiger partial charge in [0.2, 0.25) is 16.0 Å². The fourth-order valence-electron chi connectivity index (χ4n) is 4.40. The SMILES string of the molecule is O=S(=O)(CCC(F)(F)F)N1CC2CN(c3ncc4cnc5[nH]ccc5n34)CC2C1. The van der Waals surface area contributed by atoms with E-state index in [9.17, 15) is 21.6 Å². The van der Waals surface area contributed by atoms with Gasteiger partial charge in [0.15, 0.2) is 5.65 Å². The number of rotatable bonds is 4. The summed E-state index contributed by atoms with van der Waals surface area (Å²) in [5.41, 5.74) is 2.52. The minimum atomic E-state index is -4.47. The summed E-state index contributed by atoms with van der Waals surface area (Å²) in [6.07, 6.45) is -0.491. The van der Waals surface area contributed by atoms with Gasteiger partial charge in [-0.1, -0.05) is 0 Å². The second-order valence-corrected chi connectivity index (χ2v) is 9.80. The van der Waals surface area contributed by atoms with E-state index in [1.54, 1.807) is 12.4 Å². The lowest BCUT2D eigenvalue weighted by atomic mass is 10.0. The first-order valence-corrected chi connectivity index (χ1v) is 10.9. The molecule has 0 aliphatic carbocycles. The van der Waals surface area contributed by atoms with Gasteiger partial charge in [-0.05, 0) is 17.9 Å². The first-order valence-electron chi connectivity index (χ1n) is 9.30. The second kappa shape index (κ2) is 6.33. The number of aromatic amines is 1. The third kappa shape index (κ3) is 3.23. The van der Waals surface area contributed by atoms with Gasteiger partial charge in [-0.2, -0.15) is 13.2 Å². The van der Waals surface area contributed by atoms with Crippen molar-refractivity contribution in [1.82, 2.24) is 23.7 Å². The Morgan fingerprint density at radius 3 is 2.48 bits per heavy atom. The van der Waals surface area contributed by atoms with Gasteiger partial charge in [0.05, 0.1) is 35.6 Å². The quantitative estimate of drug-likeness (QED) is 0.686. The molecule has 5 heterocycles. The predicted octanol–water partition coefficient (Wildman–Crippen LogP) is 1.86. The van der Waals surface area contributed by atoms with Crippen LogP contribution in [0.5, 0.6) is 0 Å². The largest absolute Gasteiger partial charge is 0.390 e. The molecule has 5 rings (SSSR count). The molecule has 8 nitrogen and oxygen atoms in total. The number of aromatic nitrogens is 4. The first kappa shape index (κ1) is 18.7. The number of anilines is 1. The molecular weight excluding hydrogens is 409 g/mol. The minimum absolute atomic E-state index is 0.0755. The van der Waals surface area contributed by atoms with Crippen molar-refractivity contribution >= 4 is 32.7 Å². The molecule has 0 spiro atoms. The maximum absolute atomic E-state index is 12.4. The maximum Gasteiger partial charge on any atom is 0.390 e. The molecule has 156 valence electrons. The molecule has 29 heavy (non-hydrogen) atoms. The van der Waals surface area contributed by atoms with Crippen molar-refractivity contribution in [3.8, 4) is 0 Å². The van der Waals surface area contributed by atoms with Crippen LogP contribution in [0.25, 0.3) is 16.7 Å².